The number of carbonyl (C=O) groups is 1. The molecule has 1 aromatic heterocycles. The molecule has 0 radical (unpaired) electrons. The average molecular weight is 276 g/mol. The lowest BCUT2D eigenvalue weighted by molar-refractivity contribution is -0.132. The maximum atomic E-state index is 12.0. The van der Waals surface area contributed by atoms with Crippen molar-refractivity contribution in [1.82, 2.24) is 20.1 Å². The Morgan fingerprint density at radius 2 is 1.95 bits per heavy atom. The molecule has 0 aromatic carbocycles. The molecule has 1 N–H and O–H groups in total. The van der Waals surface area contributed by atoms with Gasteiger partial charge >= 0.3 is 0 Å². The number of rotatable bonds is 6. The van der Waals surface area contributed by atoms with Crippen LogP contribution in [0.5, 0.6) is 0 Å². The lowest BCUT2D eigenvalue weighted by atomic mass is 10.2. The number of carbonyl (C=O) groups excluding carboxylic acids is 1. The molecule has 0 aliphatic carbocycles. The van der Waals surface area contributed by atoms with Gasteiger partial charge in [-0.2, -0.15) is 0 Å². The highest BCUT2D eigenvalue weighted by Crippen LogP contribution is 2.08. The fourth-order valence-corrected chi connectivity index (χ4v) is 2.43. The van der Waals surface area contributed by atoms with E-state index in [9.17, 15) is 4.79 Å². The molecule has 1 saturated heterocycles. The first kappa shape index (κ1) is 14.9. The highest BCUT2D eigenvalue weighted by Gasteiger charge is 2.20. The minimum absolute atomic E-state index is 0.273. The fraction of sp³-hybridized carbons (Fsp3) is 0.600. The minimum atomic E-state index is 0.273. The van der Waals surface area contributed by atoms with Gasteiger partial charge in [-0.25, -0.2) is 0 Å². The maximum absolute atomic E-state index is 12.0. The zero-order valence-corrected chi connectivity index (χ0v) is 12.2. The number of amides is 1. The lowest BCUT2D eigenvalue weighted by Crippen LogP contribution is -2.48. The monoisotopic (exact) mass is 276 g/mol. The molecule has 0 saturated carbocycles. The summed E-state index contributed by atoms with van der Waals surface area (Å²) >= 11 is 0. The van der Waals surface area contributed by atoms with Gasteiger partial charge in [-0.15, -0.1) is 0 Å². The average Bonchev–Trinajstić information content (AvgIpc) is 2.49. The second-order valence-corrected chi connectivity index (χ2v) is 5.12. The third-order valence-electron chi connectivity index (χ3n) is 3.65. The minimum Gasteiger partial charge on any atom is -0.340 e. The second-order valence-electron chi connectivity index (χ2n) is 5.12. The Morgan fingerprint density at radius 3 is 2.60 bits per heavy atom. The molecule has 1 aliphatic heterocycles. The van der Waals surface area contributed by atoms with E-state index in [2.05, 4.69) is 22.1 Å². The Kier molecular flexibility index (Phi) is 5.95. The van der Waals surface area contributed by atoms with Crippen LogP contribution in [0.4, 0.5) is 0 Å². The van der Waals surface area contributed by atoms with Gasteiger partial charge in [0.25, 0.3) is 0 Å². The van der Waals surface area contributed by atoms with Crippen molar-refractivity contribution in [3.05, 3.63) is 30.1 Å². The molecule has 1 amide bonds. The van der Waals surface area contributed by atoms with Crippen molar-refractivity contribution in [3.63, 3.8) is 0 Å². The lowest BCUT2D eigenvalue weighted by Gasteiger charge is -2.34. The van der Waals surface area contributed by atoms with Crippen molar-refractivity contribution in [2.24, 2.45) is 0 Å². The molecule has 0 unspecified atom stereocenters. The van der Waals surface area contributed by atoms with E-state index in [0.717, 1.165) is 45.8 Å². The van der Waals surface area contributed by atoms with E-state index in [-0.39, 0.29) is 5.91 Å². The molecule has 5 nitrogen and oxygen atoms in total. The van der Waals surface area contributed by atoms with Crippen molar-refractivity contribution >= 4 is 5.91 Å². The second kappa shape index (κ2) is 7.97. The SMILES string of the molecule is CCNCCC(=O)N1CCN(Cc2ccncc2)CC1. The number of hydrogen-bond acceptors (Lipinski definition) is 4. The summed E-state index contributed by atoms with van der Waals surface area (Å²) in [7, 11) is 0. The van der Waals surface area contributed by atoms with Gasteiger partial charge in [-0.3, -0.25) is 14.7 Å². The molecular weight excluding hydrogens is 252 g/mol. The van der Waals surface area contributed by atoms with Crippen LogP contribution in [0.15, 0.2) is 24.5 Å². The Balaban J connectivity index is 1.71. The molecule has 5 heteroatoms. The Labute approximate surface area is 121 Å². The van der Waals surface area contributed by atoms with Crippen LogP contribution in [0.2, 0.25) is 0 Å². The van der Waals surface area contributed by atoms with Crippen LogP contribution in [0.3, 0.4) is 0 Å². The zero-order valence-electron chi connectivity index (χ0n) is 12.2. The molecule has 0 atom stereocenters. The molecule has 110 valence electrons. The van der Waals surface area contributed by atoms with Crippen LogP contribution in [-0.2, 0) is 11.3 Å². The van der Waals surface area contributed by atoms with Gasteiger partial charge in [0.2, 0.25) is 5.91 Å². The molecule has 20 heavy (non-hydrogen) atoms. The zero-order chi connectivity index (χ0) is 14.2. The summed E-state index contributed by atoms with van der Waals surface area (Å²) in [6.45, 7) is 8.31. The van der Waals surface area contributed by atoms with E-state index >= 15 is 0 Å². The molecule has 0 spiro atoms. The fourth-order valence-electron chi connectivity index (χ4n) is 2.43. The Bertz CT molecular complexity index is 402. The molecule has 0 bridgehead atoms. The van der Waals surface area contributed by atoms with E-state index in [1.54, 1.807) is 0 Å². The smallest absolute Gasteiger partial charge is 0.223 e. The number of hydrogen-bond donors (Lipinski definition) is 1. The summed E-state index contributed by atoms with van der Waals surface area (Å²) < 4.78 is 0. The van der Waals surface area contributed by atoms with Crippen molar-refractivity contribution in [1.29, 1.82) is 0 Å². The first-order chi connectivity index (χ1) is 9.79. The van der Waals surface area contributed by atoms with E-state index in [1.807, 2.05) is 29.4 Å². The van der Waals surface area contributed by atoms with Gasteiger partial charge in [0.1, 0.15) is 0 Å². The first-order valence-electron chi connectivity index (χ1n) is 7.39. The molecule has 1 fully saturated rings. The van der Waals surface area contributed by atoms with Crippen molar-refractivity contribution < 1.29 is 4.79 Å². The van der Waals surface area contributed by atoms with Crippen molar-refractivity contribution in [3.8, 4) is 0 Å². The van der Waals surface area contributed by atoms with Gasteiger partial charge in [0.05, 0.1) is 0 Å². The number of nitrogens with one attached hydrogen (secondary N) is 1. The van der Waals surface area contributed by atoms with Crippen molar-refractivity contribution in [2.45, 2.75) is 19.9 Å². The summed E-state index contributed by atoms with van der Waals surface area (Å²) in [5.41, 5.74) is 1.28. The topological polar surface area (TPSA) is 48.5 Å². The summed E-state index contributed by atoms with van der Waals surface area (Å²) in [6, 6.07) is 4.10. The molecule has 2 rings (SSSR count). The van der Waals surface area contributed by atoms with Crippen LogP contribution in [0.25, 0.3) is 0 Å². The normalized spacial score (nSPS) is 16.4. The van der Waals surface area contributed by atoms with E-state index in [1.165, 1.54) is 5.56 Å². The van der Waals surface area contributed by atoms with Crippen molar-refractivity contribution in [2.75, 3.05) is 39.3 Å². The highest BCUT2D eigenvalue weighted by atomic mass is 16.2. The Hall–Kier alpha value is -1.46. The molecule has 2 heterocycles. The Morgan fingerprint density at radius 1 is 1.25 bits per heavy atom. The first-order valence-corrected chi connectivity index (χ1v) is 7.39. The predicted molar refractivity (Wildman–Crippen MR) is 79.3 cm³/mol. The summed E-state index contributed by atoms with van der Waals surface area (Å²) in [4.78, 5) is 20.4. The summed E-state index contributed by atoms with van der Waals surface area (Å²) in [5, 5.41) is 3.20. The van der Waals surface area contributed by atoms with E-state index in [4.69, 9.17) is 0 Å². The van der Waals surface area contributed by atoms with Crippen LogP contribution in [0.1, 0.15) is 18.9 Å². The maximum Gasteiger partial charge on any atom is 0.223 e. The summed E-state index contributed by atoms with van der Waals surface area (Å²) in [5.74, 6) is 0.273. The number of piperazine rings is 1. The van der Waals surface area contributed by atoms with Crippen LogP contribution in [-0.4, -0.2) is 60.0 Å². The summed E-state index contributed by atoms with van der Waals surface area (Å²) in [6.07, 6.45) is 4.27. The predicted octanol–water partition coefficient (Wildman–Crippen LogP) is 0.725. The largest absolute Gasteiger partial charge is 0.340 e. The van der Waals surface area contributed by atoms with Crippen LogP contribution < -0.4 is 5.32 Å². The van der Waals surface area contributed by atoms with Gasteiger partial charge in [-0.05, 0) is 24.2 Å². The highest BCUT2D eigenvalue weighted by molar-refractivity contribution is 5.76. The van der Waals surface area contributed by atoms with Gasteiger partial charge < -0.3 is 10.2 Å². The van der Waals surface area contributed by atoms with Crippen LogP contribution >= 0.6 is 0 Å². The van der Waals surface area contributed by atoms with E-state index < -0.39 is 0 Å². The van der Waals surface area contributed by atoms with Gasteiger partial charge in [-0.1, -0.05) is 6.92 Å². The standard InChI is InChI=1S/C15H24N4O/c1-2-16-8-5-15(20)19-11-9-18(10-12-19)13-14-3-6-17-7-4-14/h3-4,6-7,16H,2,5,8-13H2,1H3. The third kappa shape index (κ3) is 4.58. The number of nitrogens with zero attached hydrogens (tertiary/aromatic N) is 3. The molecule has 1 aromatic rings. The van der Waals surface area contributed by atoms with E-state index in [0.29, 0.717) is 6.42 Å². The quantitative estimate of drug-likeness (QED) is 0.778. The molecule has 1 aliphatic rings. The number of aromatic nitrogens is 1. The number of pyridine rings is 1. The van der Waals surface area contributed by atoms with Gasteiger partial charge in [0.15, 0.2) is 0 Å². The molecular formula is C15H24N4O. The van der Waals surface area contributed by atoms with Gasteiger partial charge in [0, 0.05) is 58.1 Å². The van der Waals surface area contributed by atoms with Crippen LogP contribution in [0, 0.1) is 0 Å². The third-order valence-corrected chi connectivity index (χ3v) is 3.65.